The molecule has 0 spiro atoms. The number of rotatable bonds is 7. The van der Waals surface area contributed by atoms with E-state index < -0.39 is 0 Å². The Morgan fingerprint density at radius 2 is 2.04 bits per heavy atom. The predicted octanol–water partition coefficient (Wildman–Crippen LogP) is 2.37. The summed E-state index contributed by atoms with van der Waals surface area (Å²) in [6.45, 7) is 2.97. The van der Waals surface area contributed by atoms with E-state index in [0.717, 1.165) is 17.5 Å². The maximum Gasteiger partial charge on any atom is 0.239 e. The van der Waals surface area contributed by atoms with Gasteiger partial charge in [0.05, 0.1) is 19.4 Å². The van der Waals surface area contributed by atoms with Crippen LogP contribution in [0.3, 0.4) is 0 Å². The number of carbonyl (C=O) groups excluding carboxylic acids is 1. The van der Waals surface area contributed by atoms with Gasteiger partial charge in [-0.05, 0) is 48.7 Å². The van der Waals surface area contributed by atoms with Crippen LogP contribution in [0.4, 0.5) is 4.39 Å². The number of hydrogen-bond acceptors (Lipinski definition) is 3. The lowest BCUT2D eigenvalue weighted by atomic mass is 10.1. The standard InChI is InChI=1S/C18H23FN4O2.HI/c1-13-10-15(19)6-5-14(13)7-8-21-18(20-2)23-12-17(24)22-11-16-4-3-9-25-16;/h3-6,9-10H,7-8,11-12H2,1-2H3,(H,22,24)(H2,20,21,23);1H. The van der Waals surface area contributed by atoms with Crippen molar-refractivity contribution < 1.29 is 13.6 Å². The molecule has 8 heteroatoms. The molecule has 0 atom stereocenters. The zero-order valence-electron chi connectivity index (χ0n) is 14.8. The maximum absolute atomic E-state index is 13.1. The lowest BCUT2D eigenvalue weighted by Gasteiger charge is -2.12. The first-order valence-electron chi connectivity index (χ1n) is 8.07. The fourth-order valence-corrected chi connectivity index (χ4v) is 2.30. The molecule has 0 unspecified atom stereocenters. The number of benzene rings is 1. The van der Waals surface area contributed by atoms with Crippen LogP contribution in [0.2, 0.25) is 0 Å². The summed E-state index contributed by atoms with van der Waals surface area (Å²) in [6, 6.07) is 8.33. The summed E-state index contributed by atoms with van der Waals surface area (Å²) >= 11 is 0. The highest BCUT2D eigenvalue weighted by atomic mass is 127. The molecule has 1 aromatic heterocycles. The molecule has 2 aromatic rings. The summed E-state index contributed by atoms with van der Waals surface area (Å²) in [5.41, 5.74) is 1.99. The number of amides is 1. The zero-order chi connectivity index (χ0) is 18.1. The second-order valence-corrected chi connectivity index (χ2v) is 5.53. The minimum absolute atomic E-state index is 0. The van der Waals surface area contributed by atoms with Gasteiger partial charge in [-0.1, -0.05) is 6.07 Å². The van der Waals surface area contributed by atoms with Crippen molar-refractivity contribution in [3.8, 4) is 0 Å². The average molecular weight is 474 g/mol. The number of furan rings is 1. The molecule has 0 aliphatic carbocycles. The van der Waals surface area contributed by atoms with Gasteiger partial charge < -0.3 is 20.4 Å². The van der Waals surface area contributed by atoms with Gasteiger partial charge in [-0.25, -0.2) is 4.39 Å². The van der Waals surface area contributed by atoms with Crippen molar-refractivity contribution in [1.29, 1.82) is 0 Å². The van der Waals surface area contributed by atoms with Crippen LogP contribution in [0, 0.1) is 12.7 Å². The number of hydrogen-bond donors (Lipinski definition) is 3. The predicted molar refractivity (Wildman–Crippen MR) is 110 cm³/mol. The zero-order valence-corrected chi connectivity index (χ0v) is 17.2. The first-order chi connectivity index (χ1) is 12.1. The molecule has 0 fully saturated rings. The Labute approximate surface area is 169 Å². The molecular weight excluding hydrogens is 450 g/mol. The van der Waals surface area contributed by atoms with Crippen LogP contribution in [0.1, 0.15) is 16.9 Å². The average Bonchev–Trinajstić information content (AvgIpc) is 3.11. The molecule has 1 aromatic carbocycles. The van der Waals surface area contributed by atoms with Gasteiger partial charge >= 0.3 is 0 Å². The van der Waals surface area contributed by atoms with Crippen molar-refractivity contribution in [1.82, 2.24) is 16.0 Å². The Balaban J connectivity index is 0.00000338. The summed E-state index contributed by atoms with van der Waals surface area (Å²) in [5.74, 6) is 0.847. The van der Waals surface area contributed by atoms with Crippen LogP contribution in [-0.2, 0) is 17.8 Å². The van der Waals surface area contributed by atoms with E-state index in [4.69, 9.17) is 4.42 Å². The van der Waals surface area contributed by atoms with Crippen LogP contribution in [0.5, 0.6) is 0 Å². The number of halogens is 2. The molecule has 0 radical (unpaired) electrons. The molecule has 1 amide bonds. The van der Waals surface area contributed by atoms with E-state index in [1.807, 2.05) is 6.92 Å². The Kier molecular flexibility index (Phi) is 9.71. The van der Waals surface area contributed by atoms with Gasteiger partial charge in [-0.2, -0.15) is 0 Å². The van der Waals surface area contributed by atoms with Gasteiger partial charge in [-0.3, -0.25) is 9.79 Å². The van der Waals surface area contributed by atoms with Gasteiger partial charge in [0.15, 0.2) is 5.96 Å². The second kappa shape index (κ2) is 11.5. The molecular formula is C18H24FIN4O2. The normalized spacial score (nSPS) is 10.8. The largest absolute Gasteiger partial charge is 0.467 e. The fraction of sp³-hybridized carbons (Fsp3) is 0.333. The quantitative estimate of drug-likeness (QED) is 0.327. The highest BCUT2D eigenvalue weighted by Crippen LogP contribution is 2.10. The van der Waals surface area contributed by atoms with E-state index >= 15 is 0 Å². The van der Waals surface area contributed by atoms with E-state index in [2.05, 4.69) is 20.9 Å². The number of aryl methyl sites for hydroxylation is 1. The minimum Gasteiger partial charge on any atom is -0.467 e. The molecule has 0 saturated carbocycles. The third-order valence-electron chi connectivity index (χ3n) is 3.67. The summed E-state index contributed by atoms with van der Waals surface area (Å²) in [4.78, 5) is 15.9. The van der Waals surface area contributed by atoms with Crippen molar-refractivity contribution >= 4 is 35.8 Å². The highest BCUT2D eigenvalue weighted by Gasteiger charge is 2.05. The van der Waals surface area contributed by atoms with Gasteiger partial charge in [-0.15, -0.1) is 24.0 Å². The van der Waals surface area contributed by atoms with Gasteiger partial charge in [0.1, 0.15) is 11.6 Å². The topological polar surface area (TPSA) is 78.7 Å². The molecule has 2 rings (SSSR count). The summed E-state index contributed by atoms with van der Waals surface area (Å²) in [5, 5.41) is 8.82. The first-order valence-corrected chi connectivity index (χ1v) is 8.07. The van der Waals surface area contributed by atoms with Crippen molar-refractivity contribution in [3.63, 3.8) is 0 Å². The highest BCUT2D eigenvalue weighted by molar-refractivity contribution is 14.0. The van der Waals surface area contributed by atoms with Crippen LogP contribution in [0.15, 0.2) is 46.0 Å². The van der Waals surface area contributed by atoms with Crippen molar-refractivity contribution in [2.45, 2.75) is 19.9 Å². The number of nitrogens with zero attached hydrogens (tertiary/aromatic N) is 1. The molecule has 1 heterocycles. The summed E-state index contributed by atoms with van der Waals surface area (Å²) in [6.07, 6.45) is 2.30. The smallest absolute Gasteiger partial charge is 0.239 e. The third kappa shape index (κ3) is 7.42. The van der Waals surface area contributed by atoms with Crippen LogP contribution < -0.4 is 16.0 Å². The number of carbonyl (C=O) groups is 1. The van der Waals surface area contributed by atoms with Crippen LogP contribution in [0.25, 0.3) is 0 Å². The number of nitrogens with one attached hydrogen (secondary N) is 3. The maximum atomic E-state index is 13.1. The Bertz CT molecular complexity index is 720. The molecule has 0 saturated heterocycles. The Morgan fingerprint density at radius 1 is 1.23 bits per heavy atom. The molecule has 3 N–H and O–H groups in total. The van der Waals surface area contributed by atoms with E-state index in [1.54, 1.807) is 31.5 Å². The van der Waals surface area contributed by atoms with Crippen LogP contribution >= 0.6 is 24.0 Å². The summed E-state index contributed by atoms with van der Waals surface area (Å²) in [7, 11) is 1.64. The molecule has 0 aliphatic heterocycles. The van der Waals surface area contributed by atoms with E-state index in [1.165, 1.54) is 12.1 Å². The minimum atomic E-state index is -0.229. The van der Waals surface area contributed by atoms with E-state index in [9.17, 15) is 9.18 Å². The monoisotopic (exact) mass is 474 g/mol. The lowest BCUT2D eigenvalue weighted by Crippen LogP contribution is -2.43. The SMILES string of the molecule is CN=C(NCCc1ccc(F)cc1C)NCC(=O)NCc1ccco1.I. The molecule has 26 heavy (non-hydrogen) atoms. The van der Waals surface area contributed by atoms with Gasteiger partial charge in [0, 0.05) is 13.6 Å². The van der Waals surface area contributed by atoms with Crippen molar-refractivity contribution in [3.05, 3.63) is 59.3 Å². The molecule has 0 aliphatic rings. The molecule has 0 bridgehead atoms. The number of aliphatic imine (C=N–C) groups is 1. The fourth-order valence-electron chi connectivity index (χ4n) is 2.30. The van der Waals surface area contributed by atoms with Crippen molar-refractivity contribution in [2.24, 2.45) is 4.99 Å². The van der Waals surface area contributed by atoms with E-state index in [-0.39, 0.29) is 42.2 Å². The third-order valence-corrected chi connectivity index (χ3v) is 3.67. The molecule has 142 valence electrons. The van der Waals surface area contributed by atoms with Crippen molar-refractivity contribution in [2.75, 3.05) is 20.1 Å². The lowest BCUT2D eigenvalue weighted by molar-refractivity contribution is -0.120. The second-order valence-electron chi connectivity index (χ2n) is 5.53. The van der Waals surface area contributed by atoms with Gasteiger partial charge in [0.25, 0.3) is 0 Å². The van der Waals surface area contributed by atoms with Gasteiger partial charge in [0.2, 0.25) is 5.91 Å². The van der Waals surface area contributed by atoms with E-state index in [0.29, 0.717) is 24.8 Å². The summed E-state index contributed by atoms with van der Waals surface area (Å²) < 4.78 is 18.2. The first kappa shape index (κ1) is 21.9. The Hall–Kier alpha value is -2.10. The van der Waals surface area contributed by atoms with Crippen LogP contribution in [-0.4, -0.2) is 32.0 Å². The Morgan fingerprint density at radius 3 is 2.69 bits per heavy atom. The molecule has 6 nitrogen and oxygen atoms in total. The number of guanidine groups is 1.